The van der Waals surface area contributed by atoms with Crippen molar-refractivity contribution in [3.05, 3.63) is 239 Å². The number of primary amides is 1. The topological polar surface area (TPSA) is 297 Å². The fraction of sp³-hybridized carbons (Fsp3) is 0.271. The lowest BCUT2D eigenvalue weighted by atomic mass is 9.90. The van der Waals surface area contributed by atoms with Crippen LogP contribution in [-0.2, 0) is 84.0 Å². The van der Waals surface area contributed by atoms with E-state index in [1.54, 1.807) is 109 Å². The number of carbonyl (C=O) groups excluding carboxylic acids is 8. The molecule has 0 saturated carbocycles. The van der Waals surface area contributed by atoms with E-state index < -0.39 is 72.2 Å². The molecule has 0 bridgehead atoms. The lowest BCUT2D eigenvalue weighted by molar-refractivity contribution is -0.132. The first-order valence-electron chi connectivity index (χ1n) is 30.2. The van der Waals surface area contributed by atoms with Gasteiger partial charge < -0.3 is 56.0 Å². The van der Waals surface area contributed by atoms with Crippen LogP contribution in [0.15, 0.2) is 199 Å². The Bertz CT molecular complexity index is 3590. The van der Waals surface area contributed by atoms with E-state index in [2.05, 4.69) is 36.9 Å². The second-order valence-electron chi connectivity index (χ2n) is 21.7. The van der Waals surface area contributed by atoms with Crippen molar-refractivity contribution in [3.8, 4) is 5.75 Å². The van der Waals surface area contributed by atoms with Crippen molar-refractivity contribution in [2.24, 2.45) is 10.7 Å². The molecule has 4 atom stereocenters. The van der Waals surface area contributed by atoms with Crippen molar-refractivity contribution in [1.82, 2.24) is 31.9 Å². The molecule has 8 N–H and O–H groups in total. The van der Waals surface area contributed by atoms with E-state index in [1.807, 2.05) is 91.9 Å². The summed E-state index contributed by atoms with van der Waals surface area (Å²) in [5.74, 6) is -2.99. The second kappa shape index (κ2) is 35.2. The molecule has 0 fully saturated rings. The lowest BCUT2D eigenvalue weighted by Gasteiger charge is -2.40. The minimum Gasteiger partial charge on any atom is -0.489 e. The molecule has 7 aromatic rings. The largest absolute Gasteiger partial charge is 0.489 e. The molecule has 0 radical (unpaired) electrons. The van der Waals surface area contributed by atoms with E-state index in [1.165, 1.54) is 4.90 Å². The van der Waals surface area contributed by atoms with Gasteiger partial charge in [0.05, 0.1) is 5.69 Å². The van der Waals surface area contributed by atoms with Gasteiger partial charge in [-0.1, -0.05) is 182 Å². The highest BCUT2D eigenvalue weighted by atomic mass is 16.6. The molecule has 478 valence electrons. The van der Waals surface area contributed by atoms with Crippen LogP contribution < -0.4 is 47.3 Å². The molecule has 1 aliphatic heterocycles. The van der Waals surface area contributed by atoms with Crippen LogP contribution in [-0.4, -0.2) is 91.2 Å². The van der Waals surface area contributed by atoms with Gasteiger partial charge in [0.2, 0.25) is 23.7 Å². The number of hydrogen-bond acceptors (Lipinski definition) is 13. The maximum Gasteiger partial charge on any atom is 0.437 e. The van der Waals surface area contributed by atoms with Crippen molar-refractivity contribution in [3.63, 3.8) is 0 Å². The number of anilines is 1. The van der Waals surface area contributed by atoms with Crippen LogP contribution in [0.1, 0.15) is 76.6 Å². The molecular weight excluding hydrogens is 1170 g/mol. The van der Waals surface area contributed by atoms with E-state index in [0.29, 0.717) is 51.2 Å². The van der Waals surface area contributed by atoms with E-state index in [0.717, 1.165) is 11.1 Å². The lowest BCUT2D eigenvalue weighted by Crippen LogP contribution is -2.62. The number of ether oxygens (including phenoxy) is 5. The molecule has 2 unspecified atom stereocenters. The minimum atomic E-state index is -1.38. The van der Waals surface area contributed by atoms with Gasteiger partial charge in [-0.25, -0.2) is 19.2 Å². The van der Waals surface area contributed by atoms with E-state index >= 15 is 9.59 Å². The summed E-state index contributed by atoms with van der Waals surface area (Å²) < 4.78 is 28.1. The van der Waals surface area contributed by atoms with Gasteiger partial charge in [0, 0.05) is 32.0 Å². The summed E-state index contributed by atoms with van der Waals surface area (Å²) in [6.07, 6.45) is -3.08. The molecule has 0 spiro atoms. The number of hydrogen-bond donors (Lipinski definition) is 7. The molecule has 22 nitrogen and oxygen atoms in total. The second-order valence-corrected chi connectivity index (χ2v) is 21.7. The van der Waals surface area contributed by atoms with Gasteiger partial charge in [0.1, 0.15) is 63.0 Å². The zero-order valence-corrected chi connectivity index (χ0v) is 51.0. The first kappa shape index (κ1) is 66.9. The summed E-state index contributed by atoms with van der Waals surface area (Å²) >= 11 is 0. The van der Waals surface area contributed by atoms with Crippen molar-refractivity contribution >= 4 is 59.6 Å². The van der Waals surface area contributed by atoms with Crippen LogP contribution in [0.2, 0.25) is 0 Å². The standard InChI is InChI=1S/C70H75N9O13/c1-48-39-55(88-43-50-25-10-3-11-26-50)41-61-56(48)42-59(65(83)79(61)60(64(82)74-58(62(71)80)40-49-23-8-2-9-24-49)36-20-21-37-73-67(84)89-44-51-27-12-4-13-28-51)75-63(81)57(76-68(85)90-45-52-29-14-5-15-30-52)35-22-38-72-66(77-69(86)91-46-53-31-16-6-17-32-53)78-70(87)92-47-54-33-18-7-19-34-54/h2-19,23-34,39,41,57-60H,20-22,35-38,40,42-47H2,1H3,(H2,71,80)(H,73,84)(H,74,82)(H,75,81)(H,76,85)(H2,72,77,78,86,87)/t57?,58-,59?,60-/m0/s1. The number of benzene rings is 7. The average Bonchev–Trinajstić information content (AvgIpc) is 0.772. The molecule has 7 aromatic carbocycles. The number of rotatable bonds is 29. The first-order chi connectivity index (χ1) is 44.7. The monoisotopic (exact) mass is 1250 g/mol. The number of fused-ring (bicyclic) bond motifs is 1. The number of amides is 8. The van der Waals surface area contributed by atoms with Crippen LogP contribution in [0.3, 0.4) is 0 Å². The number of aliphatic imine (C=N–C) groups is 1. The molecule has 0 aliphatic carbocycles. The van der Waals surface area contributed by atoms with Gasteiger partial charge >= 0.3 is 24.4 Å². The summed E-state index contributed by atoms with van der Waals surface area (Å²) in [5.41, 5.74) is 12.0. The van der Waals surface area contributed by atoms with Crippen LogP contribution in [0.25, 0.3) is 0 Å². The summed E-state index contributed by atoms with van der Waals surface area (Å²) in [6.45, 7) is 1.78. The van der Waals surface area contributed by atoms with Gasteiger partial charge in [0.15, 0.2) is 0 Å². The Morgan fingerprint density at radius 2 is 1.02 bits per heavy atom. The van der Waals surface area contributed by atoms with Crippen LogP contribution in [0.4, 0.5) is 24.9 Å². The van der Waals surface area contributed by atoms with Crippen LogP contribution in [0.5, 0.6) is 5.75 Å². The van der Waals surface area contributed by atoms with E-state index in [-0.39, 0.29) is 90.6 Å². The highest BCUT2D eigenvalue weighted by Gasteiger charge is 2.42. The minimum absolute atomic E-state index is 0.0104. The van der Waals surface area contributed by atoms with Crippen molar-refractivity contribution in [1.29, 1.82) is 0 Å². The molecule has 1 heterocycles. The molecule has 0 saturated heterocycles. The molecule has 92 heavy (non-hydrogen) atoms. The zero-order chi connectivity index (χ0) is 64.9. The number of carbonyl (C=O) groups is 8. The van der Waals surface area contributed by atoms with Gasteiger partial charge in [-0.2, -0.15) is 0 Å². The Labute approximate surface area is 533 Å². The van der Waals surface area contributed by atoms with E-state index in [4.69, 9.17) is 29.4 Å². The number of nitrogens with one attached hydrogen (secondary N) is 6. The molecule has 22 heteroatoms. The number of unbranched alkanes of at least 4 members (excludes halogenated alkanes) is 1. The third kappa shape index (κ3) is 21.6. The normalized spacial score (nSPS) is 13.5. The number of alkyl carbamates (subject to hydrolysis) is 3. The van der Waals surface area contributed by atoms with Gasteiger partial charge in [-0.3, -0.25) is 29.4 Å². The zero-order valence-electron chi connectivity index (χ0n) is 51.0. The SMILES string of the molecule is Cc1cc(OCc2ccccc2)cc2c1CC(NC(=O)C(CCCNC(=NC(=O)OCc1ccccc1)NC(=O)OCc1ccccc1)NC(=O)OCc1ccccc1)C(=O)N2[C@@H](CCCCNC(=O)OCc1ccccc1)C(=O)N[C@@H](Cc1ccccc1)C(N)=O. The van der Waals surface area contributed by atoms with Gasteiger partial charge in [-0.15, -0.1) is 4.99 Å². The number of nitrogens with two attached hydrogens (primary N) is 1. The van der Waals surface area contributed by atoms with Crippen LogP contribution >= 0.6 is 0 Å². The Balaban J connectivity index is 1.05. The molecule has 0 aromatic heterocycles. The summed E-state index contributed by atoms with van der Waals surface area (Å²) in [5, 5.41) is 16.5. The number of guanidine groups is 1. The Morgan fingerprint density at radius 3 is 1.57 bits per heavy atom. The molecule has 1 aliphatic rings. The van der Waals surface area contributed by atoms with E-state index in [9.17, 15) is 28.8 Å². The highest BCUT2D eigenvalue weighted by Crippen LogP contribution is 2.37. The first-order valence-corrected chi connectivity index (χ1v) is 30.2. The molecule has 8 rings (SSSR count). The third-order valence-corrected chi connectivity index (χ3v) is 14.8. The highest BCUT2D eigenvalue weighted by molar-refractivity contribution is 6.08. The predicted octanol–water partition coefficient (Wildman–Crippen LogP) is 8.91. The van der Waals surface area contributed by atoms with Crippen molar-refractivity contribution in [2.45, 2.75) is 109 Å². The van der Waals surface area contributed by atoms with Gasteiger partial charge in [0.25, 0.3) is 5.91 Å². The molecular formula is C70H75N9O13. The Morgan fingerprint density at radius 1 is 0.533 bits per heavy atom. The summed E-state index contributed by atoms with van der Waals surface area (Å²) in [6, 6.07) is 52.5. The fourth-order valence-corrected chi connectivity index (χ4v) is 10.00. The maximum atomic E-state index is 15.6. The Hall–Kier alpha value is -11.0. The fourth-order valence-electron chi connectivity index (χ4n) is 10.00. The average molecular weight is 1250 g/mol. The molecule has 8 amide bonds. The smallest absolute Gasteiger partial charge is 0.437 e. The quantitative estimate of drug-likeness (QED) is 0.00997. The summed E-state index contributed by atoms with van der Waals surface area (Å²) in [4.78, 5) is 117. The van der Waals surface area contributed by atoms with Crippen molar-refractivity contribution < 1.29 is 62.0 Å². The maximum absolute atomic E-state index is 15.6. The predicted molar refractivity (Wildman–Crippen MR) is 343 cm³/mol. The third-order valence-electron chi connectivity index (χ3n) is 14.8. The number of aryl methyl sites for hydroxylation is 1. The number of nitrogens with zero attached hydrogens (tertiary/aromatic N) is 2. The van der Waals surface area contributed by atoms with Crippen molar-refractivity contribution in [2.75, 3.05) is 18.0 Å². The van der Waals surface area contributed by atoms with Crippen LogP contribution in [0, 0.1) is 6.92 Å². The Kier molecular flexibility index (Phi) is 25.6. The van der Waals surface area contributed by atoms with Gasteiger partial charge in [-0.05, 0) is 89.6 Å². The summed E-state index contributed by atoms with van der Waals surface area (Å²) in [7, 11) is 0.